The molecule has 3 nitrogen and oxygen atoms in total. The molecule has 0 fully saturated rings. The monoisotopic (exact) mass is 185 g/mol. The van der Waals surface area contributed by atoms with E-state index >= 15 is 0 Å². The molecular formula is C10H17O3. The van der Waals surface area contributed by atoms with Gasteiger partial charge in [-0.3, -0.25) is 9.59 Å². The van der Waals surface area contributed by atoms with Gasteiger partial charge in [-0.15, -0.1) is 0 Å². The molecule has 0 saturated heterocycles. The molecule has 0 heterocycles. The molecule has 75 valence electrons. The molecule has 0 unspecified atom stereocenters. The van der Waals surface area contributed by atoms with Crippen molar-refractivity contribution in [2.24, 2.45) is 0 Å². The van der Waals surface area contributed by atoms with Crippen molar-refractivity contribution < 1.29 is 14.3 Å². The van der Waals surface area contributed by atoms with Crippen molar-refractivity contribution in [3.63, 3.8) is 0 Å². The molecule has 3 heteroatoms. The normalized spacial score (nSPS) is 11.1. The Labute approximate surface area is 79.5 Å². The zero-order valence-electron chi connectivity index (χ0n) is 8.72. The largest absolute Gasteiger partial charge is 0.459 e. The average Bonchev–Trinajstić information content (AvgIpc) is 2.02. The van der Waals surface area contributed by atoms with Crippen LogP contribution in [-0.4, -0.2) is 17.4 Å². The lowest BCUT2D eigenvalue weighted by atomic mass is 10.0. The SMILES string of the molecule is C[CH]C(=O)OC(C)(C)CC(=O)CC. The minimum absolute atomic E-state index is 0.105. The van der Waals surface area contributed by atoms with Crippen LogP contribution in [0.25, 0.3) is 0 Å². The minimum atomic E-state index is -0.684. The highest BCUT2D eigenvalue weighted by molar-refractivity contribution is 5.81. The predicted octanol–water partition coefficient (Wildman–Crippen LogP) is 1.90. The highest BCUT2D eigenvalue weighted by Crippen LogP contribution is 2.16. The number of carbonyl (C=O) groups is 2. The summed E-state index contributed by atoms with van der Waals surface area (Å²) in [5.41, 5.74) is -0.684. The Hall–Kier alpha value is -0.860. The van der Waals surface area contributed by atoms with Gasteiger partial charge in [0.05, 0.1) is 6.42 Å². The van der Waals surface area contributed by atoms with Crippen molar-refractivity contribution in [1.29, 1.82) is 0 Å². The summed E-state index contributed by atoms with van der Waals surface area (Å²) < 4.78 is 5.04. The maximum atomic E-state index is 11.1. The van der Waals surface area contributed by atoms with Crippen LogP contribution >= 0.6 is 0 Å². The first-order valence-corrected chi connectivity index (χ1v) is 4.45. The molecule has 0 aromatic carbocycles. The van der Waals surface area contributed by atoms with Crippen LogP contribution in [0.5, 0.6) is 0 Å². The minimum Gasteiger partial charge on any atom is -0.459 e. The van der Waals surface area contributed by atoms with Crippen LogP contribution in [0.3, 0.4) is 0 Å². The van der Waals surface area contributed by atoms with Gasteiger partial charge < -0.3 is 4.74 Å². The first kappa shape index (κ1) is 12.1. The summed E-state index contributed by atoms with van der Waals surface area (Å²) in [6.07, 6.45) is 2.11. The zero-order chi connectivity index (χ0) is 10.5. The first-order valence-electron chi connectivity index (χ1n) is 4.45. The van der Waals surface area contributed by atoms with Gasteiger partial charge in [0.1, 0.15) is 11.4 Å². The van der Waals surface area contributed by atoms with E-state index < -0.39 is 5.60 Å². The Morgan fingerprint density at radius 2 is 1.92 bits per heavy atom. The van der Waals surface area contributed by atoms with Crippen LogP contribution in [0.2, 0.25) is 0 Å². The quantitative estimate of drug-likeness (QED) is 0.614. The van der Waals surface area contributed by atoms with Gasteiger partial charge in [0.25, 0.3) is 0 Å². The fourth-order valence-corrected chi connectivity index (χ4v) is 0.967. The van der Waals surface area contributed by atoms with Gasteiger partial charge in [-0.2, -0.15) is 0 Å². The van der Waals surface area contributed by atoms with E-state index in [9.17, 15) is 9.59 Å². The van der Waals surface area contributed by atoms with Crippen LogP contribution in [0, 0.1) is 6.42 Å². The van der Waals surface area contributed by atoms with Gasteiger partial charge in [-0.05, 0) is 13.8 Å². The van der Waals surface area contributed by atoms with E-state index in [0.29, 0.717) is 6.42 Å². The van der Waals surface area contributed by atoms with Gasteiger partial charge in [-0.25, -0.2) is 0 Å². The Morgan fingerprint density at radius 3 is 2.31 bits per heavy atom. The molecule has 0 bridgehead atoms. The highest BCUT2D eigenvalue weighted by atomic mass is 16.6. The number of carbonyl (C=O) groups excluding carboxylic acids is 2. The molecule has 0 saturated carbocycles. The first-order chi connectivity index (χ1) is 5.91. The van der Waals surface area contributed by atoms with E-state index in [4.69, 9.17) is 4.74 Å². The number of Topliss-reactive ketones (excluding diaryl/α,β-unsaturated/α-hetero) is 1. The van der Waals surface area contributed by atoms with Crippen molar-refractivity contribution in [1.82, 2.24) is 0 Å². The van der Waals surface area contributed by atoms with Crippen LogP contribution in [0.1, 0.15) is 40.5 Å². The molecule has 0 spiro atoms. The van der Waals surface area contributed by atoms with Crippen molar-refractivity contribution in [3.8, 4) is 0 Å². The summed E-state index contributed by atoms with van der Waals surface area (Å²) in [4.78, 5) is 22.0. The maximum Gasteiger partial charge on any atom is 0.310 e. The standard InChI is InChI=1S/C10H17O3/c1-5-8(11)7-10(3,4)13-9(12)6-2/h6H,5,7H2,1-4H3. The smallest absolute Gasteiger partial charge is 0.310 e. The van der Waals surface area contributed by atoms with Gasteiger partial charge in [0.2, 0.25) is 0 Å². The van der Waals surface area contributed by atoms with Crippen LogP contribution in [0.15, 0.2) is 0 Å². The molecule has 0 aliphatic rings. The Bertz CT molecular complexity index is 174. The molecule has 0 amide bonds. The van der Waals surface area contributed by atoms with Gasteiger partial charge in [-0.1, -0.05) is 13.8 Å². The zero-order valence-corrected chi connectivity index (χ0v) is 8.72. The average molecular weight is 185 g/mol. The molecule has 0 aromatic rings. The topological polar surface area (TPSA) is 43.4 Å². The van der Waals surface area contributed by atoms with Crippen LogP contribution in [0.4, 0.5) is 0 Å². The van der Waals surface area contributed by atoms with Crippen molar-refractivity contribution in [3.05, 3.63) is 6.42 Å². The summed E-state index contributed by atoms with van der Waals surface area (Å²) in [7, 11) is 0. The summed E-state index contributed by atoms with van der Waals surface area (Å²) in [6.45, 7) is 6.89. The molecule has 0 aliphatic carbocycles. The fourth-order valence-electron chi connectivity index (χ4n) is 0.967. The second kappa shape index (κ2) is 5.00. The number of hydrogen-bond donors (Lipinski definition) is 0. The lowest BCUT2D eigenvalue weighted by Gasteiger charge is -2.23. The lowest BCUT2D eigenvalue weighted by Crippen LogP contribution is -2.30. The van der Waals surface area contributed by atoms with Crippen LogP contribution in [-0.2, 0) is 14.3 Å². The fraction of sp³-hybridized carbons (Fsp3) is 0.700. The van der Waals surface area contributed by atoms with Crippen molar-refractivity contribution in [2.45, 2.75) is 46.1 Å². The lowest BCUT2D eigenvalue weighted by molar-refractivity contribution is -0.153. The van der Waals surface area contributed by atoms with E-state index in [-0.39, 0.29) is 18.2 Å². The third-order valence-corrected chi connectivity index (χ3v) is 1.63. The van der Waals surface area contributed by atoms with Gasteiger partial charge in [0.15, 0.2) is 0 Å². The van der Waals surface area contributed by atoms with E-state index in [1.165, 1.54) is 6.42 Å². The number of ether oxygens (including phenoxy) is 1. The van der Waals surface area contributed by atoms with Crippen LogP contribution < -0.4 is 0 Å². The second-order valence-corrected chi connectivity index (χ2v) is 3.54. The van der Waals surface area contributed by atoms with Gasteiger partial charge >= 0.3 is 5.97 Å². The molecule has 0 aliphatic heterocycles. The second-order valence-electron chi connectivity index (χ2n) is 3.54. The van der Waals surface area contributed by atoms with Gasteiger partial charge in [0, 0.05) is 12.8 Å². The Balaban J connectivity index is 4.07. The van der Waals surface area contributed by atoms with Crippen molar-refractivity contribution in [2.75, 3.05) is 0 Å². The molecule has 1 radical (unpaired) electrons. The Morgan fingerprint density at radius 1 is 1.38 bits per heavy atom. The maximum absolute atomic E-state index is 11.1. The van der Waals surface area contributed by atoms with E-state index in [1.807, 2.05) is 0 Å². The molecule has 0 N–H and O–H groups in total. The van der Waals surface area contributed by atoms with E-state index in [1.54, 1.807) is 27.7 Å². The number of esters is 1. The molecular weight excluding hydrogens is 168 g/mol. The van der Waals surface area contributed by atoms with E-state index in [0.717, 1.165) is 0 Å². The number of rotatable bonds is 5. The third-order valence-electron chi connectivity index (χ3n) is 1.63. The summed E-state index contributed by atoms with van der Waals surface area (Å²) in [5, 5.41) is 0. The molecule has 0 rings (SSSR count). The molecule has 0 atom stereocenters. The molecule has 0 aromatic heterocycles. The highest BCUT2D eigenvalue weighted by Gasteiger charge is 2.24. The predicted molar refractivity (Wildman–Crippen MR) is 50.1 cm³/mol. The molecule has 13 heavy (non-hydrogen) atoms. The third kappa shape index (κ3) is 5.39. The number of hydrogen-bond acceptors (Lipinski definition) is 3. The Kier molecular flexibility index (Phi) is 4.67. The number of ketones is 1. The van der Waals surface area contributed by atoms with E-state index in [2.05, 4.69) is 0 Å². The van der Waals surface area contributed by atoms with Crippen molar-refractivity contribution >= 4 is 11.8 Å². The summed E-state index contributed by atoms with van der Waals surface area (Å²) in [6, 6.07) is 0. The summed E-state index contributed by atoms with van der Waals surface area (Å²) in [5.74, 6) is -0.275. The summed E-state index contributed by atoms with van der Waals surface area (Å²) >= 11 is 0.